The topological polar surface area (TPSA) is 74.5 Å². The maximum Gasteiger partial charge on any atom is 0.158 e. The Morgan fingerprint density at radius 2 is 2.00 bits per heavy atom. The fraction of sp³-hybridized carbons (Fsp3) is 0.0909. The van der Waals surface area contributed by atoms with Crippen molar-refractivity contribution < 1.29 is 0 Å². The van der Waals surface area contributed by atoms with Crippen molar-refractivity contribution in [3.63, 3.8) is 0 Å². The summed E-state index contributed by atoms with van der Waals surface area (Å²) in [4.78, 5) is 11.9. The van der Waals surface area contributed by atoms with E-state index in [4.69, 9.17) is 5.26 Å². The van der Waals surface area contributed by atoms with Gasteiger partial charge < -0.3 is 5.32 Å². The lowest BCUT2D eigenvalue weighted by Gasteiger charge is -2.04. The average molecular weight is 211 g/mol. The van der Waals surface area contributed by atoms with Crippen molar-refractivity contribution >= 4 is 5.82 Å². The van der Waals surface area contributed by atoms with E-state index in [1.54, 1.807) is 18.6 Å². The second-order valence-corrected chi connectivity index (χ2v) is 3.11. The summed E-state index contributed by atoms with van der Waals surface area (Å²) in [6, 6.07) is 5.76. The molecule has 1 N–H and O–H groups in total. The molecule has 0 aliphatic carbocycles. The zero-order valence-electron chi connectivity index (χ0n) is 8.46. The normalized spacial score (nSPS) is 9.44. The van der Waals surface area contributed by atoms with Gasteiger partial charge in [-0.05, 0) is 17.7 Å². The van der Waals surface area contributed by atoms with Crippen LogP contribution in [0.2, 0.25) is 0 Å². The Labute approximate surface area is 92.8 Å². The van der Waals surface area contributed by atoms with E-state index in [1.807, 2.05) is 18.2 Å². The fourth-order valence-corrected chi connectivity index (χ4v) is 1.17. The molecule has 0 saturated carbocycles. The van der Waals surface area contributed by atoms with E-state index in [0.717, 1.165) is 5.56 Å². The number of nitrogens with one attached hydrogen (secondary N) is 1. The molecule has 2 aromatic rings. The van der Waals surface area contributed by atoms with Crippen molar-refractivity contribution in [2.24, 2.45) is 0 Å². The van der Waals surface area contributed by atoms with E-state index >= 15 is 0 Å². The summed E-state index contributed by atoms with van der Waals surface area (Å²) in [5.74, 6) is 0.649. The first kappa shape index (κ1) is 10.1. The van der Waals surface area contributed by atoms with Crippen LogP contribution in [0.3, 0.4) is 0 Å². The van der Waals surface area contributed by atoms with E-state index in [1.165, 1.54) is 6.20 Å². The van der Waals surface area contributed by atoms with Gasteiger partial charge in [-0.3, -0.25) is 4.98 Å². The van der Waals surface area contributed by atoms with Crippen molar-refractivity contribution in [2.45, 2.75) is 6.54 Å². The molecule has 0 spiro atoms. The van der Waals surface area contributed by atoms with Crippen LogP contribution in [0.15, 0.2) is 36.9 Å². The molecule has 5 heteroatoms. The Balaban J connectivity index is 1.98. The van der Waals surface area contributed by atoms with Crippen molar-refractivity contribution in [1.29, 1.82) is 5.26 Å². The first-order valence-electron chi connectivity index (χ1n) is 4.73. The number of hydrogen-bond donors (Lipinski definition) is 1. The highest BCUT2D eigenvalue weighted by Gasteiger charge is 1.96. The average Bonchev–Trinajstić information content (AvgIpc) is 2.38. The van der Waals surface area contributed by atoms with Gasteiger partial charge in [0.05, 0.1) is 12.4 Å². The third-order valence-corrected chi connectivity index (χ3v) is 1.99. The minimum Gasteiger partial charge on any atom is -0.365 e. The van der Waals surface area contributed by atoms with Gasteiger partial charge >= 0.3 is 0 Å². The van der Waals surface area contributed by atoms with E-state index < -0.39 is 0 Å². The van der Waals surface area contributed by atoms with Crippen LogP contribution in [0.4, 0.5) is 5.82 Å². The van der Waals surface area contributed by atoms with E-state index in [0.29, 0.717) is 18.1 Å². The number of anilines is 1. The highest BCUT2D eigenvalue weighted by molar-refractivity contribution is 5.34. The Morgan fingerprint density at radius 1 is 1.19 bits per heavy atom. The summed E-state index contributed by atoms with van der Waals surface area (Å²) in [7, 11) is 0. The molecular weight excluding hydrogens is 202 g/mol. The Hall–Kier alpha value is -2.48. The first-order chi connectivity index (χ1) is 7.88. The third kappa shape index (κ3) is 2.51. The summed E-state index contributed by atoms with van der Waals surface area (Å²) in [6.07, 6.45) is 6.46. The van der Waals surface area contributed by atoms with Gasteiger partial charge in [0, 0.05) is 18.9 Å². The molecule has 2 aromatic heterocycles. The lowest BCUT2D eigenvalue weighted by molar-refractivity contribution is 1.07. The van der Waals surface area contributed by atoms with Crippen LogP contribution < -0.4 is 5.32 Å². The van der Waals surface area contributed by atoms with Crippen molar-refractivity contribution in [3.8, 4) is 6.07 Å². The molecule has 0 aliphatic rings. The first-order valence-corrected chi connectivity index (χ1v) is 4.73. The van der Waals surface area contributed by atoms with Crippen molar-refractivity contribution in [1.82, 2.24) is 15.0 Å². The molecule has 0 fully saturated rings. The van der Waals surface area contributed by atoms with Crippen LogP contribution in [0.1, 0.15) is 11.3 Å². The van der Waals surface area contributed by atoms with Crippen molar-refractivity contribution in [3.05, 3.63) is 48.2 Å². The maximum absolute atomic E-state index is 8.56. The number of aromatic nitrogens is 3. The Kier molecular flexibility index (Phi) is 3.04. The van der Waals surface area contributed by atoms with Crippen LogP contribution in [0.25, 0.3) is 0 Å². The molecule has 0 bridgehead atoms. The zero-order valence-corrected chi connectivity index (χ0v) is 8.46. The second kappa shape index (κ2) is 4.84. The lowest BCUT2D eigenvalue weighted by Crippen LogP contribution is -2.02. The van der Waals surface area contributed by atoms with Gasteiger partial charge in [-0.2, -0.15) is 5.26 Å². The second-order valence-electron chi connectivity index (χ2n) is 3.11. The molecule has 5 nitrogen and oxygen atoms in total. The van der Waals surface area contributed by atoms with Gasteiger partial charge in [0.1, 0.15) is 11.9 Å². The summed E-state index contributed by atoms with van der Waals surface area (Å²) in [6.45, 7) is 0.656. The predicted molar refractivity (Wildman–Crippen MR) is 58.3 cm³/mol. The third-order valence-electron chi connectivity index (χ3n) is 1.99. The van der Waals surface area contributed by atoms with Crippen LogP contribution >= 0.6 is 0 Å². The molecule has 0 aliphatic heterocycles. The number of hydrogen-bond acceptors (Lipinski definition) is 5. The van der Waals surface area contributed by atoms with Gasteiger partial charge in [-0.25, -0.2) is 9.97 Å². The smallest absolute Gasteiger partial charge is 0.158 e. The number of nitriles is 1. The van der Waals surface area contributed by atoms with Gasteiger partial charge in [-0.15, -0.1) is 0 Å². The Bertz CT molecular complexity index is 486. The molecule has 2 heterocycles. The highest BCUT2D eigenvalue weighted by atomic mass is 15.0. The van der Waals surface area contributed by atoms with Gasteiger partial charge in [0.25, 0.3) is 0 Å². The Morgan fingerprint density at radius 3 is 2.62 bits per heavy atom. The van der Waals surface area contributed by atoms with E-state index in [9.17, 15) is 0 Å². The van der Waals surface area contributed by atoms with Crippen LogP contribution in [0, 0.1) is 11.3 Å². The molecule has 0 atom stereocenters. The molecule has 16 heavy (non-hydrogen) atoms. The minimum atomic E-state index is 0.314. The van der Waals surface area contributed by atoms with Gasteiger partial charge in [0.15, 0.2) is 5.69 Å². The van der Waals surface area contributed by atoms with Crippen LogP contribution in [0.5, 0.6) is 0 Å². The van der Waals surface area contributed by atoms with Crippen molar-refractivity contribution in [2.75, 3.05) is 5.32 Å². The SMILES string of the molecule is N#Cc1cnc(NCc2ccncc2)cn1. The summed E-state index contributed by atoms with van der Waals surface area (Å²) in [5.41, 5.74) is 1.43. The zero-order chi connectivity index (χ0) is 11.2. The largest absolute Gasteiger partial charge is 0.365 e. The standard InChI is InChI=1S/C11H9N5/c12-5-10-7-16-11(8-14-10)15-6-9-1-3-13-4-2-9/h1-4,7-8H,6H2,(H,15,16). The molecule has 0 aromatic carbocycles. The molecule has 0 unspecified atom stereocenters. The monoisotopic (exact) mass is 211 g/mol. The van der Waals surface area contributed by atoms with Gasteiger partial charge in [0.2, 0.25) is 0 Å². The molecule has 0 saturated heterocycles. The number of nitrogens with zero attached hydrogens (tertiary/aromatic N) is 4. The number of rotatable bonds is 3. The molecule has 0 radical (unpaired) electrons. The predicted octanol–water partition coefficient (Wildman–Crippen LogP) is 1.36. The molecule has 2 rings (SSSR count). The van der Waals surface area contributed by atoms with Crippen LogP contribution in [-0.2, 0) is 6.54 Å². The molecule has 78 valence electrons. The summed E-state index contributed by atoms with van der Waals surface area (Å²) < 4.78 is 0. The van der Waals surface area contributed by atoms with E-state index in [-0.39, 0.29) is 0 Å². The molecule has 0 amide bonds. The van der Waals surface area contributed by atoms with E-state index in [2.05, 4.69) is 20.3 Å². The summed E-state index contributed by atoms with van der Waals surface area (Å²) >= 11 is 0. The van der Waals surface area contributed by atoms with Crippen LogP contribution in [-0.4, -0.2) is 15.0 Å². The van der Waals surface area contributed by atoms with Gasteiger partial charge in [-0.1, -0.05) is 0 Å². The quantitative estimate of drug-likeness (QED) is 0.829. The summed E-state index contributed by atoms with van der Waals surface area (Å²) in [5, 5.41) is 11.7. The fourth-order valence-electron chi connectivity index (χ4n) is 1.17. The highest BCUT2D eigenvalue weighted by Crippen LogP contribution is 2.03. The minimum absolute atomic E-state index is 0.314. The number of pyridine rings is 1. The molecular formula is C11H9N5. The maximum atomic E-state index is 8.56. The lowest BCUT2D eigenvalue weighted by atomic mass is 10.3.